The maximum atomic E-state index is 10.9. The van der Waals surface area contributed by atoms with Crippen LogP contribution in [-0.4, -0.2) is 25.2 Å². The van der Waals surface area contributed by atoms with Gasteiger partial charge in [-0.3, -0.25) is 4.79 Å². The molecule has 98 valence electrons. The van der Waals surface area contributed by atoms with Gasteiger partial charge in [0, 0.05) is 32.3 Å². The summed E-state index contributed by atoms with van der Waals surface area (Å²) in [7, 11) is 1.77. The van der Waals surface area contributed by atoms with E-state index in [1.54, 1.807) is 7.11 Å². The molecule has 4 heteroatoms. The SMILES string of the molecule is COC1CC(NCc2ccc(NC(C)=O)cc2)C1. The van der Waals surface area contributed by atoms with Crippen molar-refractivity contribution in [1.29, 1.82) is 0 Å². The minimum atomic E-state index is -0.0408. The van der Waals surface area contributed by atoms with Gasteiger partial charge in [0.1, 0.15) is 0 Å². The van der Waals surface area contributed by atoms with Gasteiger partial charge in [-0.1, -0.05) is 12.1 Å². The van der Waals surface area contributed by atoms with Gasteiger partial charge in [0.25, 0.3) is 0 Å². The van der Waals surface area contributed by atoms with Crippen LogP contribution in [0, 0.1) is 0 Å². The van der Waals surface area contributed by atoms with Crippen LogP contribution in [0.4, 0.5) is 5.69 Å². The number of ether oxygens (including phenoxy) is 1. The molecule has 0 radical (unpaired) electrons. The molecule has 1 saturated carbocycles. The first-order chi connectivity index (χ1) is 8.67. The van der Waals surface area contributed by atoms with Gasteiger partial charge in [0.15, 0.2) is 0 Å². The van der Waals surface area contributed by atoms with Crippen LogP contribution in [0.2, 0.25) is 0 Å². The van der Waals surface area contributed by atoms with E-state index >= 15 is 0 Å². The Morgan fingerprint density at radius 3 is 2.56 bits per heavy atom. The smallest absolute Gasteiger partial charge is 0.221 e. The Morgan fingerprint density at radius 2 is 2.00 bits per heavy atom. The molecule has 0 atom stereocenters. The van der Waals surface area contributed by atoms with Gasteiger partial charge in [0.05, 0.1) is 6.10 Å². The van der Waals surface area contributed by atoms with E-state index < -0.39 is 0 Å². The minimum Gasteiger partial charge on any atom is -0.381 e. The van der Waals surface area contributed by atoms with E-state index in [0.29, 0.717) is 12.1 Å². The number of hydrogen-bond acceptors (Lipinski definition) is 3. The van der Waals surface area contributed by atoms with Crippen molar-refractivity contribution >= 4 is 11.6 Å². The van der Waals surface area contributed by atoms with Crippen molar-refractivity contribution in [3.8, 4) is 0 Å². The van der Waals surface area contributed by atoms with Crippen LogP contribution in [-0.2, 0) is 16.1 Å². The van der Waals surface area contributed by atoms with Crippen molar-refractivity contribution in [3.05, 3.63) is 29.8 Å². The molecule has 1 fully saturated rings. The molecule has 0 saturated heterocycles. The van der Waals surface area contributed by atoms with Crippen LogP contribution < -0.4 is 10.6 Å². The first-order valence-corrected chi connectivity index (χ1v) is 6.30. The number of anilines is 1. The average Bonchev–Trinajstić information content (AvgIpc) is 2.29. The van der Waals surface area contributed by atoms with E-state index in [2.05, 4.69) is 10.6 Å². The molecule has 1 aromatic carbocycles. The van der Waals surface area contributed by atoms with E-state index in [1.807, 2.05) is 24.3 Å². The van der Waals surface area contributed by atoms with Crippen molar-refractivity contribution in [3.63, 3.8) is 0 Å². The van der Waals surface area contributed by atoms with E-state index in [4.69, 9.17) is 4.74 Å². The lowest BCUT2D eigenvalue weighted by molar-refractivity contribution is -0.114. The van der Waals surface area contributed by atoms with Gasteiger partial charge >= 0.3 is 0 Å². The first-order valence-electron chi connectivity index (χ1n) is 6.30. The highest BCUT2D eigenvalue weighted by molar-refractivity contribution is 5.88. The second kappa shape index (κ2) is 5.98. The van der Waals surface area contributed by atoms with Crippen molar-refractivity contribution < 1.29 is 9.53 Å². The van der Waals surface area contributed by atoms with Crippen LogP contribution in [0.15, 0.2) is 24.3 Å². The average molecular weight is 248 g/mol. The number of hydrogen-bond donors (Lipinski definition) is 2. The third-order valence-corrected chi connectivity index (χ3v) is 3.30. The number of benzene rings is 1. The molecule has 0 aliphatic heterocycles. The fourth-order valence-corrected chi connectivity index (χ4v) is 2.10. The highest BCUT2D eigenvalue weighted by atomic mass is 16.5. The molecule has 18 heavy (non-hydrogen) atoms. The molecule has 1 aromatic rings. The highest BCUT2D eigenvalue weighted by Crippen LogP contribution is 2.22. The van der Waals surface area contributed by atoms with E-state index in [1.165, 1.54) is 12.5 Å². The summed E-state index contributed by atoms with van der Waals surface area (Å²) in [4.78, 5) is 10.9. The Bertz CT molecular complexity index is 397. The molecule has 1 aliphatic rings. The summed E-state index contributed by atoms with van der Waals surface area (Å²) in [6, 6.07) is 8.49. The van der Waals surface area contributed by atoms with Gasteiger partial charge < -0.3 is 15.4 Å². The number of methoxy groups -OCH3 is 1. The lowest BCUT2D eigenvalue weighted by atomic mass is 9.89. The third-order valence-electron chi connectivity index (χ3n) is 3.30. The van der Waals surface area contributed by atoms with Crippen molar-refractivity contribution in [2.24, 2.45) is 0 Å². The minimum absolute atomic E-state index is 0.0408. The fourth-order valence-electron chi connectivity index (χ4n) is 2.10. The van der Waals surface area contributed by atoms with Gasteiger partial charge in [0.2, 0.25) is 5.91 Å². The standard InChI is InChI=1S/C14H20N2O2/c1-10(17)16-12-5-3-11(4-6-12)9-15-13-7-14(8-13)18-2/h3-6,13-15H,7-9H2,1-2H3,(H,16,17). The van der Waals surface area contributed by atoms with Crippen LogP contribution >= 0.6 is 0 Å². The van der Waals surface area contributed by atoms with Crippen LogP contribution in [0.3, 0.4) is 0 Å². The summed E-state index contributed by atoms with van der Waals surface area (Å²) in [5.41, 5.74) is 2.07. The van der Waals surface area contributed by atoms with Gasteiger partial charge in [-0.2, -0.15) is 0 Å². The molecule has 0 unspecified atom stereocenters. The molecule has 2 N–H and O–H groups in total. The zero-order valence-electron chi connectivity index (χ0n) is 10.9. The predicted molar refractivity (Wildman–Crippen MR) is 71.4 cm³/mol. The summed E-state index contributed by atoms with van der Waals surface area (Å²) in [6.07, 6.45) is 2.63. The Labute approximate surface area is 108 Å². The maximum Gasteiger partial charge on any atom is 0.221 e. The fraction of sp³-hybridized carbons (Fsp3) is 0.500. The molecule has 0 heterocycles. The lowest BCUT2D eigenvalue weighted by Crippen LogP contribution is -2.44. The molecule has 1 aliphatic carbocycles. The zero-order chi connectivity index (χ0) is 13.0. The summed E-state index contributed by atoms with van der Waals surface area (Å²) < 4.78 is 5.24. The van der Waals surface area contributed by atoms with Crippen molar-refractivity contribution in [1.82, 2.24) is 5.32 Å². The van der Waals surface area contributed by atoms with Gasteiger partial charge in [-0.25, -0.2) is 0 Å². The normalized spacial score (nSPS) is 22.3. The molecule has 2 rings (SSSR count). The quantitative estimate of drug-likeness (QED) is 0.837. The monoisotopic (exact) mass is 248 g/mol. The maximum absolute atomic E-state index is 10.9. The second-order valence-corrected chi connectivity index (χ2v) is 4.79. The molecule has 0 aromatic heterocycles. The number of nitrogens with one attached hydrogen (secondary N) is 2. The summed E-state index contributed by atoms with van der Waals surface area (Å²) >= 11 is 0. The topological polar surface area (TPSA) is 50.4 Å². The van der Waals surface area contributed by atoms with Crippen molar-refractivity contribution in [2.75, 3.05) is 12.4 Å². The molecule has 0 bridgehead atoms. The van der Waals surface area contributed by atoms with Gasteiger partial charge in [-0.05, 0) is 30.5 Å². The molecular formula is C14H20N2O2. The Balaban J connectivity index is 1.75. The Morgan fingerprint density at radius 1 is 1.33 bits per heavy atom. The molecule has 0 spiro atoms. The summed E-state index contributed by atoms with van der Waals surface area (Å²) in [5, 5.41) is 6.25. The first kappa shape index (κ1) is 13.1. The van der Waals surface area contributed by atoms with E-state index in [0.717, 1.165) is 25.1 Å². The van der Waals surface area contributed by atoms with Crippen LogP contribution in [0.5, 0.6) is 0 Å². The lowest BCUT2D eigenvalue weighted by Gasteiger charge is -2.34. The van der Waals surface area contributed by atoms with E-state index in [9.17, 15) is 4.79 Å². The largest absolute Gasteiger partial charge is 0.381 e. The van der Waals surface area contributed by atoms with Gasteiger partial charge in [-0.15, -0.1) is 0 Å². The predicted octanol–water partition coefficient (Wildman–Crippen LogP) is 1.91. The number of rotatable bonds is 5. The molecular weight excluding hydrogens is 228 g/mol. The number of carbonyl (C=O) groups excluding carboxylic acids is 1. The highest BCUT2D eigenvalue weighted by Gasteiger charge is 2.28. The number of amides is 1. The Hall–Kier alpha value is -1.39. The van der Waals surface area contributed by atoms with E-state index in [-0.39, 0.29) is 5.91 Å². The van der Waals surface area contributed by atoms with Crippen LogP contribution in [0.25, 0.3) is 0 Å². The third kappa shape index (κ3) is 3.55. The van der Waals surface area contributed by atoms with Crippen molar-refractivity contribution in [2.45, 2.75) is 38.5 Å². The Kier molecular flexibility index (Phi) is 4.33. The molecule has 1 amide bonds. The summed E-state index contributed by atoms with van der Waals surface area (Å²) in [6.45, 7) is 2.37. The second-order valence-electron chi connectivity index (χ2n) is 4.79. The summed E-state index contributed by atoms with van der Waals surface area (Å²) in [5.74, 6) is -0.0408. The zero-order valence-corrected chi connectivity index (χ0v) is 10.9. The molecule has 4 nitrogen and oxygen atoms in total. The number of carbonyl (C=O) groups is 1. The van der Waals surface area contributed by atoms with Crippen LogP contribution in [0.1, 0.15) is 25.3 Å².